The number of hydrogen-bond donors (Lipinski definition) is 1. The molecule has 3 rings (SSSR count). The van der Waals surface area contributed by atoms with Crippen LogP contribution in [0.4, 0.5) is 5.69 Å². The lowest BCUT2D eigenvalue weighted by Crippen LogP contribution is -2.13. The normalized spacial score (nSPS) is 10.8. The number of thioether (sulfide) groups is 1. The van der Waals surface area contributed by atoms with E-state index in [1.807, 2.05) is 30.3 Å². The number of carbonyl (C=O) groups is 1. The van der Waals surface area contributed by atoms with Crippen molar-refractivity contribution < 1.29 is 9.53 Å². The fourth-order valence-corrected chi connectivity index (χ4v) is 3.70. The molecule has 1 aromatic heterocycles. The van der Waals surface area contributed by atoms with E-state index in [9.17, 15) is 4.79 Å². The Morgan fingerprint density at radius 1 is 1.18 bits per heavy atom. The Morgan fingerprint density at radius 3 is 2.79 bits per heavy atom. The Balaban J connectivity index is 1.39. The van der Waals surface area contributed by atoms with Crippen LogP contribution in [-0.2, 0) is 22.7 Å². The number of ether oxygens (including phenoxy) is 1. The summed E-state index contributed by atoms with van der Waals surface area (Å²) in [6.07, 6.45) is 3.40. The number of carbonyl (C=O) groups excluding carboxylic acids is 1. The highest BCUT2D eigenvalue weighted by atomic mass is 35.5. The van der Waals surface area contributed by atoms with E-state index in [1.165, 1.54) is 11.8 Å². The molecule has 0 fully saturated rings. The van der Waals surface area contributed by atoms with Crippen LogP contribution in [-0.4, -0.2) is 28.0 Å². The summed E-state index contributed by atoms with van der Waals surface area (Å²) in [5.74, 6) is 0.114. The van der Waals surface area contributed by atoms with E-state index < -0.39 is 0 Å². The molecule has 2 aromatic carbocycles. The van der Waals surface area contributed by atoms with Crippen LogP contribution in [0.2, 0.25) is 10.0 Å². The van der Waals surface area contributed by atoms with Crippen molar-refractivity contribution in [2.45, 2.75) is 18.0 Å². The molecule has 8 heteroatoms. The first-order chi connectivity index (χ1) is 13.6. The average Bonchev–Trinajstić information content (AvgIpc) is 3.12. The molecule has 0 spiro atoms. The maximum atomic E-state index is 12.1. The van der Waals surface area contributed by atoms with Crippen molar-refractivity contribution in [2.75, 3.05) is 17.7 Å². The molecule has 0 unspecified atom stereocenters. The Labute approximate surface area is 178 Å². The first-order valence-electron chi connectivity index (χ1n) is 8.62. The van der Waals surface area contributed by atoms with Crippen molar-refractivity contribution in [3.63, 3.8) is 0 Å². The second-order valence-electron chi connectivity index (χ2n) is 5.94. The minimum atomic E-state index is -0.129. The van der Waals surface area contributed by atoms with Gasteiger partial charge < -0.3 is 10.1 Å². The van der Waals surface area contributed by atoms with Gasteiger partial charge in [0.15, 0.2) is 0 Å². The number of nitrogens with one attached hydrogen (secondary N) is 1. The summed E-state index contributed by atoms with van der Waals surface area (Å²) in [5.41, 5.74) is 1.78. The fourth-order valence-electron chi connectivity index (χ4n) is 2.41. The van der Waals surface area contributed by atoms with Gasteiger partial charge in [-0.05, 0) is 23.8 Å². The maximum absolute atomic E-state index is 12.1. The molecule has 28 heavy (non-hydrogen) atoms. The average molecular weight is 436 g/mol. The van der Waals surface area contributed by atoms with Gasteiger partial charge in [-0.15, -0.1) is 11.8 Å². The van der Waals surface area contributed by atoms with Gasteiger partial charge in [-0.2, -0.15) is 5.10 Å². The largest absolute Gasteiger partial charge is 0.375 e. The number of amides is 1. The van der Waals surface area contributed by atoms with Crippen LogP contribution in [0.1, 0.15) is 5.56 Å². The second kappa shape index (κ2) is 10.5. The number of halogens is 2. The third-order valence-corrected chi connectivity index (χ3v) is 5.48. The minimum Gasteiger partial charge on any atom is -0.375 e. The maximum Gasteiger partial charge on any atom is 0.234 e. The molecule has 146 valence electrons. The Bertz CT molecular complexity index is 919. The van der Waals surface area contributed by atoms with Crippen LogP contribution in [0.5, 0.6) is 0 Å². The summed E-state index contributed by atoms with van der Waals surface area (Å²) in [6, 6.07) is 15.2. The van der Waals surface area contributed by atoms with Crippen LogP contribution in [0, 0.1) is 0 Å². The van der Waals surface area contributed by atoms with E-state index in [0.717, 1.165) is 10.5 Å². The molecule has 0 saturated carbocycles. The molecule has 1 amide bonds. The lowest BCUT2D eigenvalue weighted by Gasteiger charge is -2.05. The van der Waals surface area contributed by atoms with Crippen LogP contribution in [0.15, 0.2) is 65.8 Å². The summed E-state index contributed by atoms with van der Waals surface area (Å²) in [4.78, 5) is 12.9. The SMILES string of the molecule is O=C(CSc1ccc(Cl)cc1Cl)Nc1cnn(CCOCc2ccccc2)c1. The van der Waals surface area contributed by atoms with Gasteiger partial charge in [0.1, 0.15) is 0 Å². The summed E-state index contributed by atoms with van der Waals surface area (Å²) in [6.45, 7) is 1.71. The van der Waals surface area contributed by atoms with Crippen molar-refractivity contribution in [2.24, 2.45) is 0 Å². The van der Waals surface area contributed by atoms with E-state index in [-0.39, 0.29) is 11.7 Å². The zero-order valence-corrected chi connectivity index (χ0v) is 17.3. The van der Waals surface area contributed by atoms with Crippen LogP contribution in [0.25, 0.3) is 0 Å². The number of hydrogen-bond acceptors (Lipinski definition) is 4. The van der Waals surface area contributed by atoms with Gasteiger partial charge in [-0.3, -0.25) is 9.48 Å². The molecule has 0 aliphatic rings. The fraction of sp³-hybridized carbons (Fsp3) is 0.200. The zero-order chi connectivity index (χ0) is 19.8. The first kappa shape index (κ1) is 20.7. The van der Waals surface area contributed by atoms with Crippen molar-refractivity contribution in [1.29, 1.82) is 0 Å². The van der Waals surface area contributed by atoms with E-state index in [0.29, 0.717) is 35.5 Å². The van der Waals surface area contributed by atoms with Crippen LogP contribution >= 0.6 is 35.0 Å². The predicted octanol–water partition coefficient (Wildman–Crippen LogP) is 5.14. The van der Waals surface area contributed by atoms with Gasteiger partial charge >= 0.3 is 0 Å². The zero-order valence-electron chi connectivity index (χ0n) is 15.0. The van der Waals surface area contributed by atoms with Gasteiger partial charge in [-0.1, -0.05) is 53.5 Å². The monoisotopic (exact) mass is 435 g/mol. The lowest BCUT2D eigenvalue weighted by molar-refractivity contribution is -0.113. The molecule has 0 atom stereocenters. The topological polar surface area (TPSA) is 56.2 Å². The number of anilines is 1. The quantitative estimate of drug-likeness (QED) is 0.373. The highest BCUT2D eigenvalue weighted by Gasteiger charge is 2.08. The van der Waals surface area contributed by atoms with E-state index in [4.69, 9.17) is 27.9 Å². The molecule has 5 nitrogen and oxygen atoms in total. The summed E-state index contributed by atoms with van der Waals surface area (Å²) >= 11 is 13.3. The number of rotatable bonds is 9. The molecule has 0 radical (unpaired) electrons. The summed E-state index contributed by atoms with van der Waals surface area (Å²) in [5, 5.41) is 8.17. The standard InChI is InChI=1S/C20H19Cl2N3O2S/c21-16-6-7-19(18(22)10-16)28-14-20(26)24-17-11-23-25(12-17)8-9-27-13-15-4-2-1-3-5-15/h1-7,10-12H,8-9,13-14H2,(H,24,26). The van der Waals surface area contributed by atoms with E-state index >= 15 is 0 Å². The number of aromatic nitrogens is 2. The Kier molecular flexibility index (Phi) is 7.80. The molecular formula is C20H19Cl2N3O2S. The number of nitrogens with zero attached hydrogens (tertiary/aromatic N) is 2. The summed E-state index contributed by atoms with van der Waals surface area (Å²) < 4.78 is 7.39. The van der Waals surface area contributed by atoms with Gasteiger partial charge in [0.25, 0.3) is 0 Å². The molecule has 0 bridgehead atoms. The van der Waals surface area contributed by atoms with Gasteiger partial charge in [0, 0.05) is 16.1 Å². The highest BCUT2D eigenvalue weighted by molar-refractivity contribution is 8.00. The third kappa shape index (κ3) is 6.56. The summed E-state index contributed by atoms with van der Waals surface area (Å²) in [7, 11) is 0. The number of benzene rings is 2. The van der Waals surface area contributed by atoms with E-state index in [1.54, 1.807) is 35.3 Å². The highest BCUT2D eigenvalue weighted by Crippen LogP contribution is 2.29. The van der Waals surface area contributed by atoms with Gasteiger partial charge in [-0.25, -0.2) is 0 Å². The van der Waals surface area contributed by atoms with Crippen LogP contribution < -0.4 is 5.32 Å². The van der Waals surface area contributed by atoms with Crippen molar-refractivity contribution in [3.8, 4) is 0 Å². The van der Waals surface area contributed by atoms with Crippen molar-refractivity contribution >= 4 is 46.6 Å². The Morgan fingerprint density at radius 2 is 2.00 bits per heavy atom. The molecule has 0 aliphatic heterocycles. The smallest absolute Gasteiger partial charge is 0.234 e. The Hall–Kier alpha value is -1.99. The first-order valence-corrected chi connectivity index (χ1v) is 10.4. The molecule has 0 saturated heterocycles. The van der Waals surface area contributed by atoms with Crippen LogP contribution in [0.3, 0.4) is 0 Å². The molecular weight excluding hydrogens is 417 g/mol. The van der Waals surface area contributed by atoms with Gasteiger partial charge in [0.05, 0.1) is 42.4 Å². The third-order valence-electron chi connectivity index (χ3n) is 3.75. The van der Waals surface area contributed by atoms with Gasteiger partial charge in [0.2, 0.25) is 5.91 Å². The van der Waals surface area contributed by atoms with E-state index in [2.05, 4.69) is 10.4 Å². The minimum absolute atomic E-state index is 0.129. The second-order valence-corrected chi connectivity index (χ2v) is 7.80. The molecule has 1 heterocycles. The van der Waals surface area contributed by atoms with Crippen molar-refractivity contribution in [1.82, 2.24) is 9.78 Å². The predicted molar refractivity (Wildman–Crippen MR) is 114 cm³/mol. The molecule has 1 N–H and O–H groups in total. The lowest BCUT2D eigenvalue weighted by atomic mass is 10.2. The van der Waals surface area contributed by atoms with Crippen molar-refractivity contribution in [3.05, 3.63) is 76.5 Å². The molecule has 0 aliphatic carbocycles. The molecule has 3 aromatic rings.